The van der Waals surface area contributed by atoms with Crippen molar-refractivity contribution in [1.29, 1.82) is 0 Å². The van der Waals surface area contributed by atoms with Gasteiger partial charge in [0, 0.05) is 54.8 Å². The molecule has 0 spiro atoms. The number of benzene rings is 11. The minimum Gasteiger partial charge on any atom is -0.309 e. The number of para-hydroxylation sites is 2. The van der Waals surface area contributed by atoms with Crippen LogP contribution < -0.4 is 0 Å². The van der Waals surface area contributed by atoms with Gasteiger partial charge in [-0.25, -0.2) is 9.97 Å². The van der Waals surface area contributed by atoms with E-state index in [1.165, 1.54) is 70.9 Å². The lowest BCUT2D eigenvalue weighted by Crippen LogP contribution is -1.98. The number of aromatic nitrogens is 4. The third-order valence-corrected chi connectivity index (χ3v) is 13.8. The van der Waals surface area contributed by atoms with Crippen molar-refractivity contribution < 1.29 is 0 Å². The molecule has 316 valence electrons. The summed E-state index contributed by atoms with van der Waals surface area (Å²) >= 11 is 0. The van der Waals surface area contributed by atoms with Crippen LogP contribution in [0.1, 0.15) is 0 Å². The minimum atomic E-state index is 0.696. The van der Waals surface area contributed by atoms with E-state index in [0.717, 1.165) is 55.6 Å². The smallest absolute Gasteiger partial charge is 0.160 e. The first-order valence-corrected chi connectivity index (χ1v) is 23.2. The van der Waals surface area contributed by atoms with Crippen LogP contribution in [0, 0.1) is 0 Å². The molecular formula is C64H40N4. The summed E-state index contributed by atoms with van der Waals surface area (Å²) in [5.41, 5.74) is 15.4. The maximum Gasteiger partial charge on any atom is 0.160 e. The van der Waals surface area contributed by atoms with Gasteiger partial charge in [-0.2, -0.15) is 0 Å². The summed E-state index contributed by atoms with van der Waals surface area (Å²) in [6.07, 6.45) is 0. The largest absolute Gasteiger partial charge is 0.309 e. The van der Waals surface area contributed by atoms with Crippen molar-refractivity contribution in [1.82, 2.24) is 19.1 Å². The lowest BCUT2D eigenvalue weighted by atomic mass is 9.95. The van der Waals surface area contributed by atoms with Crippen molar-refractivity contribution in [3.05, 3.63) is 243 Å². The molecule has 0 aliphatic carbocycles. The van der Waals surface area contributed by atoms with Crippen LogP contribution in [0.25, 0.3) is 132 Å². The molecule has 11 aromatic carbocycles. The second-order valence-electron chi connectivity index (χ2n) is 17.7. The van der Waals surface area contributed by atoms with Crippen LogP contribution in [-0.2, 0) is 0 Å². The van der Waals surface area contributed by atoms with E-state index in [1.54, 1.807) is 0 Å². The summed E-state index contributed by atoms with van der Waals surface area (Å²) in [6, 6.07) is 87.6. The van der Waals surface area contributed by atoms with Gasteiger partial charge in [-0.15, -0.1) is 0 Å². The molecule has 68 heavy (non-hydrogen) atoms. The second-order valence-corrected chi connectivity index (χ2v) is 17.7. The normalized spacial score (nSPS) is 11.8. The summed E-state index contributed by atoms with van der Waals surface area (Å²) < 4.78 is 4.98. The zero-order chi connectivity index (χ0) is 44.7. The number of fused-ring (bicyclic) bond motifs is 13. The molecule has 0 bridgehead atoms. The zero-order valence-electron chi connectivity index (χ0n) is 36.9. The third kappa shape index (κ3) is 5.87. The Kier molecular flexibility index (Phi) is 8.55. The molecule has 14 aromatic rings. The molecule has 0 N–H and O–H groups in total. The van der Waals surface area contributed by atoms with Gasteiger partial charge in [0.1, 0.15) is 0 Å². The Morgan fingerprint density at radius 2 is 0.779 bits per heavy atom. The summed E-state index contributed by atoms with van der Waals surface area (Å²) in [5.74, 6) is 0.696. The minimum absolute atomic E-state index is 0.696. The van der Waals surface area contributed by atoms with Crippen LogP contribution in [0.3, 0.4) is 0 Å². The Bertz CT molecular complexity index is 4240. The standard InChI is InChI=1S/C64H40N4/c1-4-19-41(20-5-1)45-37-46(42-21-6-2-7-22-42)40-48(39-45)68-58-36-35-57-59(61(58)60-51-29-12-10-27-49(51)50-28-11-13-30-52(50)63(60)68)54-32-15-17-34-56(54)67(57)47-26-18-25-44(38-47)64-65-55-33-16-14-31-53(55)62(66-64)43-23-8-3-9-24-43/h1-40H. The average Bonchev–Trinajstić information content (AvgIpc) is 3.95. The van der Waals surface area contributed by atoms with Crippen molar-refractivity contribution >= 4 is 76.1 Å². The maximum atomic E-state index is 5.28. The van der Waals surface area contributed by atoms with Gasteiger partial charge in [-0.1, -0.05) is 188 Å². The van der Waals surface area contributed by atoms with E-state index >= 15 is 0 Å². The van der Waals surface area contributed by atoms with E-state index in [4.69, 9.17) is 9.97 Å². The molecule has 4 heteroatoms. The fourth-order valence-corrected chi connectivity index (χ4v) is 10.9. The van der Waals surface area contributed by atoms with Crippen LogP contribution >= 0.6 is 0 Å². The Balaban J connectivity index is 1.09. The predicted octanol–water partition coefficient (Wildman–Crippen LogP) is 16.8. The monoisotopic (exact) mass is 864 g/mol. The van der Waals surface area contributed by atoms with Crippen LogP contribution in [0.5, 0.6) is 0 Å². The Labute approximate surface area is 392 Å². The van der Waals surface area contributed by atoms with Crippen LogP contribution in [0.15, 0.2) is 243 Å². The SMILES string of the molecule is c1ccc(-c2cc(-c3ccccc3)cc(-n3c4ccc5c(c6ccccc6n5-c5cccc(-c6nc(-c7ccccc7)c7ccccc7n6)c5)c4c4c5ccccc5c5ccccc5c43)c2)cc1. The summed E-state index contributed by atoms with van der Waals surface area (Å²) in [7, 11) is 0. The van der Waals surface area contributed by atoms with Gasteiger partial charge >= 0.3 is 0 Å². The first-order chi connectivity index (χ1) is 33.7. The molecule has 3 aromatic heterocycles. The van der Waals surface area contributed by atoms with Gasteiger partial charge in [0.05, 0.1) is 33.3 Å². The van der Waals surface area contributed by atoms with E-state index < -0.39 is 0 Å². The molecule has 0 radical (unpaired) electrons. The molecule has 0 atom stereocenters. The quantitative estimate of drug-likeness (QED) is 0.156. The highest BCUT2D eigenvalue weighted by Crippen LogP contribution is 2.48. The van der Waals surface area contributed by atoms with Gasteiger partial charge in [-0.05, 0) is 93.0 Å². The van der Waals surface area contributed by atoms with Crippen LogP contribution in [0.4, 0.5) is 0 Å². The first-order valence-electron chi connectivity index (χ1n) is 23.2. The number of nitrogens with zero attached hydrogens (tertiary/aromatic N) is 4. The highest BCUT2D eigenvalue weighted by molar-refractivity contribution is 6.38. The molecule has 0 saturated carbocycles. The number of hydrogen-bond acceptors (Lipinski definition) is 2. The molecule has 3 heterocycles. The fraction of sp³-hybridized carbons (Fsp3) is 0. The van der Waals surface area contributed by atoms with E-state index in [-0.39, 0.29) is 0 Å². The van der Waals surface area contributed by atoms with Crippen molar-refractivity contribution in [3.63, 3.8) is 0 Å². The topological polar surface area (TPSA) is 35.6 Å². The molecule has 0 amide bonds. The number of hydrogen-bond donors (Lipinski definition) is 0. The van der Waals surface area contributed by atoms with Crippen molar-refractivity contribution in [3.8, 4) is 56.3 Å². The Hall–Kier alpha value is -9.12. The average molecular weight is 865 g/mol. The van der Waals surface area contributed by atoms with Gasteiger partial charge in [0.2, 0.25) is 0 Å². The summed E-state index contributed by atoms with van der Waals surface area (Å²) in [6.45, 7) is 0. The van der Waals surface area contributed by atoms with Crippen molar-refractivity contribution in [2.24, 2.45) is 0 Å². The zero-order valence-corrected chi connectivity index (χ0v) is 36.9. The van der Waals surface area contributed by atoms with Gasteiger partial charge in [0.15, 0.2) is 5.82 Å². The summed E-state index contributed by atoms with van der Waals surface area (Å²) in [4.78, 5) is 10.4. The van der Waals surface area contributed by atoms with E-state index in [2.05, 4.69) is 240 Å². The van der Waals surface area contributed by atoms with E-state index in [9.17, 15) is 0 Å². The highest BCUT2D eigenvalue weighted by Gasteiger charge is 2.25. The molecule has 0 aliphatic heterocycles. The van der Waals surface area contributed by atoms with Crippen LogP contribution in [-0.4, -0.2) is 19.1 Å². The van der Waals surface area contributed by atoms with Gasteiger partial charge in [0.25, 0.3) is 0 Å². The lowest BCUT2D eigenvalue weighted by Gasteiger charge is -2.15. The van der Waals surface area contributed by atoms with Crippen molar-refractivity contribution in [2.45, 2.75) is 0 Å². The van der Waals surface area contributed by atoms with Gasteiger partial charge in [-0.3, -0.25) is 0 Å². The predicted molar refractivity (Wildman–Crippen MR) is 285 cm³/mol. The first kappa shape index (κ1) is 38.2. The molecular weight excluding hydrogens is 825 g/mol. The molecule has 0 saturated heterocycles. The molecule has 0 aliphatic rings. The van der Waals surface area contributed by atoms with Crippen molar-refractivity contribution in [2.75, 3.05) is 0 Å². The second kappa shape index (κ2) is 15.2. The third-order valence-electron chi connectivity index (χ3n) is 13.8. The Morgan fingerprint density at radius 1 is 0.265 bits per heavy atom. The van der Waals surface area contributed by atoms with E-state index in [0.29, 0.717) is 5.82 Å². The van der Waals surface area contributed by atoms with E-state index in [1.807, 2.05) is 12.1 Å². The Morgan fingerprint density at radius 3 is 1.47 bits per heavy atom. The lowest BCUT2D eigenvalue weighted by molar-refractivity contribution is 1.17. The fourth-order valence-electron chi connectivity index (χ4n) is 10.9. The molecule has 14 rings (SSSR count). The molecule has 0 fully saturated rings. The summed E-state index contributed by atoms with van der Waals surface area (Å²) in [5, 5.41) is 10.9. The molecule has 0 unspecified atom stereocenters. The maximum absolute atomic E-state index is 5.28. The van der Waals surface area contributed by atoms with Crippen LogP contribution in [0.2, 0.25) is 0 Å². The highest BCUT2D eigenvalue weighted by atomic mass is 15.0. The number of rotatable bonds is 6. The molecule has 4 nitrogen and oxygen atoms in total. The van der Waals surface area contributed by atoms with Gasteiger partial charge < -0.3 is 9.13 Å².